The molecule has 1 aromatic heterocycles. The third-order valence-electron chi connectivity index (χ3n) is 7.08. The molecule has 0 spiro atoms. The summed E-state index contributed by atoms with van der Waals surface area (Å²) in [5, 5.41) is 9.68. The van der Waals surface area contributed by atoms with Crippen molar-refractivity contribution in [3.8, 4) is 5.69 Å². The Labute approximate surface area is 211 Å². The number of rotatable bonds is 6. The van der Waals surface area contributed by atoms with Gasteiger partial charge in [0.25, 0.3) is 5.91 Å². The SMILES string of the molecule is Cc1cc(C)n(-c2ccc(CCNC(=O)C3CCN(C(=O)c4cccc5ccccc45)CC3)cc2)n1. The molecule has 6 nitrogen and oxygen atoms in total. The molecule has 4 aromatic rings. The van der Waals surface area contributed by atoms with Crippen LogP contribution < -0.4 is 5.32 Å². The summed E-state index contributed by atoms with van der Waals surface area (Å²) in [7, 11) is 0. The number of nitrogens with zero attached hydrogens (tertiary/aromatic N) is 3. The largest absolute Gasteiger partial charge is 0.356 e. The van der Waals surface area contributed by atoms with E-state index in [1.807, 2.05) is 65.9 Å². The summed E-state index contributed by atoms with van der Waals surface area (Å²) in [5.41, 5.74) is 5.06. The highest BCUT2D eigenvalue weighted by Crippen LogP contribution is 2.24. The molecule has 0 bridgehead atoms. The van der Waals surface area contributed by atoms with Gasteiger partial charge in [0.05, 0.1) is 11.4 Å². The summed E-state index contributed by atoms with van der Waals surface area (Å²) in [4.78, 5) is 27.8. The highest BCUT2D eigenvalue weighted by Gasteiger charge is 2.28. The van der Waals surface area contributed by atoms with Gasteiger partial charge in [-0.05, 0) is 73.7 Å². The first kappa shape index (κ1) is 23.8. The molecule has 1 saturated heterocycles. The second kappa shape index (κ2) is 10.4. The smallest absolute Gasteiger partial charge is 0.254 e. The topological polar surface area (TPSA) is 67.2 Å². The number of hydrogen-bond donors (Lipinski definition) is 1. The van der Waals surface area contributed by atoms with Gasteiger partial charge in [-0.2, -0.15) is 5.10 Å². The average Bonchev–Trinajstić information content (AvgIpc) is 3.26. The van der Waals surface area contributed by atoms with Crippen molar-refractivity contribution in [2.45, 2.75) is 33.1 Å². The third kappa shape index (κ3) is 5.03. The number of piperidine rings is 1. The monoisotopic (exact) mass is 480 g/mol. The number of carbonyl (C=O) groups excluding carboxylic acids is 2. The Balaban J connectivity index is 1.10. The van der Waals surface area contributed by atoms with Crippen LogP contribution in [-0.4, -0.2) is 46.1 Å². The molecular formula is C30H32N4O2. The molecule has 1 aliphatic heterocycles. The lowest BCUT2D eigenvalue weighted by Crippen LogP contribution is -2.43. The zero-order valence-corrected chi connectivity index (χ0v) is 20.9. The van der Waals surface area contributed by atoms with Gasteiger partial charge in [0.2, 0.25) is 5.91 Å². The van der Waals surface area contributed by atoms with Gasteiger partial charge in [-0.25, -0.2) is 4.68 Å². The molecule has 36 heavy (non-hydrogen) atoms. The summed E-state index contributed by atoms with van der Waals surface area (Å²) in [6.45, 7) is 5.86. The van der Waals surface area contributed by atoms with Crippen LogP contribution in [0.3, 0.4) is 0 Å². The Hall–Kier alpha value is -3.93. The molecule has 5 rings (SSSR count). The minimum absolute atomic E-state index is 0.0463. The van der Waals surface area contributed by atoms with Crippen LogP contribution in [0.25, 0.3) is 16.5 Å². The van der Waals surface area contributed by atoms with Crippen LogP contribution in [0.5, 0.6) is 0 Å². The fourth-order valence-corrected chi connectivity index (χ4v) is 5.10. The Morgan fingerprint density at radius 1 is 0.944 bits per heavy atom. The van der Waals surface area contributed by atoms with Crippen LogP contribution in [0.15, 0.2) is 72.8 Å². The van der Waals surface area contributed by atoms with Crippen LogP contribution in [0.1, 0.15) is 40.2 Å². The van der Waals surface area contributed by atoms with Crippen LogP contribution in [0, 0.1) is 19.8 Å². The van der Waals surface area contributed by atoms with E-state index in [4.69, 9.17) is 0 Å². The van der Waals surface area contributed by atoms with Crippen molar-refractivity contribution in [3.05, 3.63) is 95.3 Å². The van der Waals surface area contributed by atoms with Gasteiger partial charge in [0.1, 0.15) is 0 Å². The molecule has 0 atom stereocenters. The molecule has 1 N–H and O–H groups in total. The van der Waals surface area contributed by atoms with Gasteiger partial charge in [-0.3, -0.25) is 9.59 Å². The summed E-state index contributed by atoms with van der Waals surface area (Å²) >= 11 is 0. The van der Waals surface area contributed by atoms with Crippen LogP contribution in [0.4, 0.5) is 0 Å². The van der Waals surface area contributed by atoms with Crippen molar-refractivity contribution in [1.29, 1.82) is 0 Å². The zero-order valence-electron chi connectivity index (χ0n) is 20.9. The number of aryl methyl sites for hydroxylation is 2. The second-order valence-electron chi connectivity index (χ2n) is 9.64. The van der Waals surface area contributed by atoms with Gasteiger partial charge in [0.15, 0.2) is 0 Å². The Bertz CT molecular complexity index is 1380. The second-order valence-corrected chi connectivity index (χ2v) is 9.64. The van der Waals surface area contributed by atoms with E-state index in [2.05, 4.69) is 40.7 Å². The van der Waals surface area contributed by atoms with E-state index in [1.54, 1.807) is 0 Å². The van der Waals surface area contributed by atoms with Crippen molar-refractivity contribution in [2.24, 2.45) is 5.92 Å². The molecule has 0 unspecified atom stereocenters. The van der Waals surface area contributed by atoms with Crippen molar-refractivity contribution in [1.82, 2.24) is 20.0 Å². The highest BCUT2D eigenvalue weighted by atomic mass is 16.2. The predicted octanol–water partition coefficient (Wildman–Crippen LogP) is 4.85. The Morgan fingerprint density at radius 3 is 2.39 bits per heavy atom. The Morgan fingerprint density at radius 2 is 1.67 bits per heavy atom. The van der Waals surface area contributed by atoms with E-state index in [9.17, 15) is 9.59 Å². The first-order valence-corrected chi connectivity index (χ1v) is 12.7. The normalized spacial score (nSPS) is 14.2. The average molecular weight is 481 g/mol. The molecule has 1 aliphatic rings. The summed E-state index contributed by atoms with van der Waals surface area (Å²) in [6, 6.07) is 24.2. The fraction of sp³-hybridized carbons (Fsp3) is 0.300. The number of amides is 2. The number of benzene rings is 3. The van der Waals surface area contributed by atoms with Crippen molar-refractivity contribution >= 4 is 22.6 Å². The zero-order chi connectivity index (χ0) is 25.1. The molecular weight excluding hydrogens is 448 g/mol. The summed E-state index contributed by atoms with van der Waals surface area (Å²) in [5.74, 6) is 0.0936. The van der Waals surface area contributed by atoms with Gasteiger partial charge in [0, 0.05) is 36.8 Å². The Kier molecular flexibility index (Phi) is 6.85. The number of hydrogen-bond acceptors (Lipinski definition) is 3. The molecule has 3 aromatic carbocycles. The molecule has 0 aliphatic carbocycles. The molecule has 2 amide bonds. The van der Waals surface area contributed by atoms with Gasteiger partial charge in [-0.1, -0.05) is 48.5 Å². The van der Waals surface area contributed by atoms with E-state index >= 15 is 0 Å². The van der Waals surface area contributed by atoms with E-state index in [0.717, 1.165) is 39.8 Å². The van der Waals surface area contributed by atoms with Gasteiger partial charge >= 0.3 is 0 Å². The maximum absolute atomic E-state index is 13.2. The highest BCUT2D eigenvalue weighted by molar-refractivity contribution is 6.07. The van der Waals surface area contributed by atoms with Crippen LogP contribution in [-0.2, 0) is 11.2 Å². The molecule has 0 saturated carbocycles. The number of fused-ring (bicyclic) bond motifs is 1. The van der Waals surface area contributed by atoms with Crippen molar-refractivity contribution in [3.63, 3.8) is 0 Å². The standard InChI is InChI=1S/C30H32N4O2/c1-21-20-22(2)34(32-21)26-12-10-23(11-13-26)14-17-31-29(35)25-15-18-33(19-16-25)30(36)28-9-5-7-24-6-3-4-8-27(24)28/h3-13,20,25H,14-19H2,1-2H3,(H,31,35). The van der Waals surface area contributed by atoms with Crippen molar-refractivity contribution < 1.29 is 9.59 Å². The number of carbonyl (C=O) groups is 2. The van der Waals surface area contributed by atoms with E-state index in [1.165, 1.54) is 5.56 Å². The van der Waals surface area contributed by atoms with E-state index < -0.39 is 0 Å². The van der Waals surface area contributed by atoms with E-state index in [0.29, 0.717) is 32.5 Å². The first-order chi connectivity index (χ1) is 17.5. The minimum atomic E-state index is -0.0463. The number of likely N-dealkylation sites (tertiary alicyclic amines) is 1. The molecule has 1 fully saturated rings. The summed E-state index contributed by atoms with van der Waals surface area (Å²) in [6.07, 6.45) is 2.17. The van der Waals surface area contributed by atoms with Gasteiger partial charge in [-0.15, -0.1) is 0 Å². The number of aromatic nitrogens is 2. The maximum atomic E-state index is 13.2. The van der Waals surface area contributed by atoms with Crippen LogP contribution >= 0.6 is 0 Å². The van der Waals surface area contributed by atoms with Crippen LogP contribution in [0.2, 0.25) is 0 Å². The minimum Gasteiger partial charge on any atom is -0.356 e. The summed E-state index contributed by atoms with van der Waals surface area (Å²) < 4.78 is 1.94. The fourth-order valence-electron chi connectivity index (χ4n) is 5.10. The molecule has 0 radical (unpaired) electrons. The maximum Gasteiger partial charge on any atom is 0.254 e. The van der Waals surface area contributed by atoms with Gasteiger partial charge < -0.3 is 10.2 Å². The lowest BCUT2D eigenvalue weighted by atomic mass is 9.94. The predicted molar refractivity (Wildman–Crippen MR) is 142 cm³/mol. The first-order valence-electron chi connectivity index (χ1n) is 12.7. The van der Waals surface area contributed by atoms with Crippen molar-refractivity contribution in [2.75, 3.05) is 19.6 Å². The third-order valence-corrected chi connectivity index (χ3v) is 7.08. The molecule has 184 valence electrons. The molecule has 6 heteroatoms. The lowest BCUT2D eigenvalue weighted by Gasteiger charge is -2.31. The number of nitrogens with one attached hydrogen (secondary N) is 1. The lowest BCUT2D eigenvalue weighted by molar-refractivity contribution is -0.126. The quantitative estimate of drug-likeness (QED) is 0.429. The van der Waals surface area contributed by atoms with E-state index in [-0.39, 0.29) is 17.7 Å². The molecule has 2 heterocycles.